The Hall–Kier alpha value is -4.53. The zero-order valence-corrected chi connectivity index (χ0v) is 19.5. The minimum Gasteiger partial charge on any atom is -0.493 e. The van der Waals surface area contributed by atoms with E-state index >= 15 is 0 Å². The number of benzene rings is 2. The fraction of sp³-hybridized carbons (Fsp3) is 0.192. The third kappa shape index (κ3) is 5.19. The molecule has 0 radical (unpaired) electrons. The molecule has 3 aromatic rings. The van der Waals surface area contributed by atoms with Gasteiger partial charge in [0.2, 0.25) is 5.76 Å². The zero-order chi connectivity index (χ0) is 24.9. The molecule has 1 saturated heterocycles. The molecule has 1 aromatic heterocycles. The van der Waals surface area contributed by atoms with Crippen LogP contribution in [0, 0.1) is 6.92 Å². The molecule has 9 heteroatoms. The maximum absolute atomic E-state index is 13.0. The SMILES string of the molecule is COC(=O)c1ccc(CN2C(=O)N/C(=C\c3cccc(OC)c3OCc3ccc(C)cc3)C2=O)o1. The molecular formula is C26H24N2O7. The number of hydrogen-bond acceptors (Lipinski definition) is 7. The molecular weight excluding hydrogens is 452 g/mol. The number of methoxy groups -OCH3 is 2. The van der Waals surface area contributed by atoms with Gasteiger partial charge in [0.15, 0.2) is 11.5 Å². The van der Waals surface area contributed by atoms with Crippen molar-refractivity contribution in [2.75, 3.05) is 14.2 Å². The second-order valence-corrected chi connectivity index (χ2v) is 7.79. The van der Waals surface area contributed by atoms with Crippen molar-refractivity contribution in [3.05, 3.63) is 88.5 Å². The maximum Gasteiger partial charge on any atom is 0.373 e. The van der Waals surface area contributed by atoms with Gasteiger partial charge < -0.3 is 23.9 Å². The first-order valence-electron chi connectivity index (χ1n) is 10.8. The molecule has 0 spiro atoms. The number of aryl methyl sites for hydroxylation is 1. The average molecular weight is 476 g/mol. The first-order chi connectivity index (χ1) is 16.9. The van der Waals surface area contributed by atoms with Gasteiger partial charge in [-0.25, -0.2) is 9.59 Å². The van der Waals surface area contributed by atoms with Crippen LogP contribution in [0.5, 0.6) is 11.5 Å². The summed E-state index contributed by atoms with van der Waals surface area (Å²) in [5.74, 6) is -0.0115. The van der Waals surface area contributed by atoms with Gasteiger partial charge in [-0.3, -0.25) is 9.69 Å². The predicted octanol–water partition coefficient (Wildman–Crippen LogP) is 4.06. The molecule has 1 aliphatic rings. The predicted molar refractivity (Wildman–Crippen MR) is 126 cm³/mol. The second kappa shape index (κ2) is 10.2. The van der Waals surface area contributed by atoms with Gasteiger partial charge in [-0.05, 0) is 36.8 Å². The highest BCUT2D eigenvalue weighted by atomic mass is 16.5. The second-order valence-electron chi connectivity index (χ2n) is 7.79. The number of carbonyl (C=O) groups is 3. The summed E-state index contributed by atoms with van der Waals surface area (Å²) in [6.07, 6.45) is 1.54. The lowest BCUT2D eigenvalue weighted by Crippen LogP contribution is -2.30. The van der Waals surface area contributed by atoms with Gasteiger partial charge in [-0.1, -0.05) is 42.0 Å². The lowest BCUT2D eigenvalue weighted by Gasteiger charge is -2.14. The van der Waals surface area contributed by atoms with E-state index in [1.165, 1.54) is 32.4 Å². The fourth-order valence-electron chi connectivity index (χ4n) is 3.50. The van der Waals surface area contributed by atoms with Gasteiger partial charge in [-0.15, -0.1) is 0 Å². The van der Waals surface area contributed by atoms with Crippen molar-refractivity contribution in [2.45, 2.75) is 20.1 Å². The monoisotopic (exact) mass is 476 g/mol. The van der Waals surface area contributed by atoms with E-state index in [1.54, 1.807) is 18.2 Å². The number of para-hydroxylation sites is 1. The number of hydrogen-bond donors (Lipinski definition) is 1. The van der Waals surface area contributed by atoms with Crippen LogP contribution in [0.1, 0.15) is 33.0 Å². The summed E-state index contributed by atoms with van der Waals surface area (Å²) in [6, 6.07) is 15.5. The molecule has 35 heavy (non-hydrogen) atoms. The quantitative estimate of drug-likeness (QED) is 0.297. The van der Waals surface area contributed by atoms with Crippen LogP contribution in [0.2, 0.25) is 0 Å². The van der Waals surface area contributed by atoms with Crippen LogP contribution in [-0.2, 0) is 22.7 Å². The number of ether oxygens (including phenoxy) is 3. The van der Waals surface area contributed by atoms with Gasteiger partial charge in [0.25, 0.3) is 5.91 Å². The number of amides is 3. The number of nitrogens with zero attached hydrogens (tertiary/aromatic N) is 1. The average Bonchev–Trinajstić information content (AvgIpc) is 3.44. The molecule has 180 valence electrons. The van der Waals surface area contributed by atoms with Crippen molar-refractivity contribution in [1.29, 1.82) is 0 Å². The summed E-state index contributed by atoms with van der Waals surface area (Å²) in [6.45, 7) is 2.16. The Labute approximate surface area is 201 Å². The molecule has 0 saturated carbocycles. The van der Waals surface area contributed by atoms with Crippen molar-refractivity contribution < 1.29 is 33.0 Å². The summed E-state index contributed by atoms with van der Waals surface area (Å²) in [5.41, 5.74) is 2.75. The topological polar surface area (TPSA) is 107 Å². The van der Waals surface area contributed by atoms with Crippen LogP contribution >= 0.6 is 0 Å². The highest BCUT2D eigenvalue weighted by Gasteiger charge is 2.34. The number of imide groups is 1. The van der Waals surface area contributed by atoms with Crippen LogP contribution in [0.25, 0.3) is 6.08 Å². The van der Waals surface area contributed by atoms with E-state index < -0.39 is 17.9 Å². The Balaban J connectivity index is 1.55. The molecule has 0 atom stereocenters. The minimum atomic E-state index is -0.648. The van der Waals surface area contributed by atoms with Crippen LogP contribution in [0.15, 0.2) is 64.7 Å². The smallest absolute Gasteiger partial charge is 0.373 e. The number of carbonyl (C=O) groups excluding carboxylic acids is 3. The molecule has 2 heterocycles. The molecule has 3 amide bonds. The van der Waals surface area contributed by atoms with E-state index in [1.807, 2.05) is 31.2 Å². The lowest BCUT2D eigenvalue weighted by molar-refractivity contribution is -0.123. The van der Waals surface area contributed by atoms with E-state index in [4.69, 9.17) is 13.9 Å². The van der Waals surface area contributed by atoms with Crippen molar-refractivity contribution in [2.24, 2.45) is 0 Å². The molecule has 0 unspecified atom stereocenters. The van der Waals surface area contributed by atoms with Crippen molar-refractivity contribution in [1.82, 2.24) is 10.2 Å². The van der Waals surface area contributed by atoms with Crippen molar-refractivity contribution in [3.8, 4) is 11.5 Å². The largest absolute Gasteiger partial charge is 0.493 e. The van der Waals surface area contributed by atoms with Gasteiger partial charge in [-0.2, -0.15) is 0 Å². The summed E-state index contributed by atoms with van der Waals surface area (Å²) >= 11 is 0. The molecule has 1 aliphatic heterocycles. The van der Waals surface area contributed by atoms with Gasteiger partial charge in [0.05, 0.1) is 20.8 Å². The van der Waals surface area contributed by atoms with Crippen LogP contribution in [0.3, 0.4) is 0 Å². The van der Waals surface area contributed by atoms with E-state index in [9.17, 15) is 14.4 Å². The van der Waals surface area contributed by atoms with E-state index in [0.29, 0.717) is 23.7 Å². The van der Waals surface area contributed by atoms with Gasteiger partial charge in [0, 0.05) is 5.56 Å². The van der Waals surface area contributed by atoms with Crippen LogP contribution < -0.4 is 14.8 Å². The Morgan fingerprint density at radius 1 is 1.06 bits per heavy atom. The molecule has 4 rings (SSSR count). The van der Waals surface area contributed by atoms with Crippen LogP contribution in [0.4, 0.5) is 4.79 Å². The van der Waals surface area contributed by atoms with Gasteiger partial charge >= 0.3 is 12.0 Å². The summed E-state index contributed by atoms with van der Waals surface area (Å²) in [4.78, 5) is 38.0. The Morgan fingerprint density at radius 2 is 1.83 bits per heavy atom. The third-order valence-electron chi connectivity index (χ3n) is 5.36. The Morgan fingerprint density at radius 3 is 2.54 bits per heavy atom. The summed E-state index contributed by atoms with van der Waals surface area (Å²) in [7, 11) is 2.76. The number of urea groups is 1. The molecule has 0 aliphatic carbocycles. The van der Waals surface area contributed by atoms with E-state index in [2.05, 4.69) is 10.1 Å². The first-order valence-corrected chi connectivity index (χ1v) is 10.8. The molecule has 9 nitrogen and oxygen atoms in total. The number of nitrogens with one attached hydrogen (secondary N) is 1. The van der Waals surface area contributed by atoms with E-state index in [0.717, 1.165) is 16.0 Å². The van der Waals surface area contributed by atoms with Crippen molar-refractivity contribution in [3.63, 3.8) is 0 Å². The molecule has 2 aromatic carbocycles. The summed E-state index contributed by atoms with van der Waals surface area (Å²) in [5, 5.41) is 2.58. The highest BCUT2D eigenvalue weighted by Crippen LogP contribution is 2.34. The molecule has 1 N–H and O–H groups in total. The minimum absolute atomic E-state index is 0.0166. The number of rotatable bonds is 8. The van der Waals surface area contributed by atoms with E-state index in [-0.39, 0.29) is 23.8 Å². The fourth-order valence-corrected chi connectivity index (χ4v) is 3.50. The lowest BCUT2D eigenvalue weighted by atomic mass is 10.1. The number of esters is 1. The number of furan rings is 1. The highest BCUT2D eigenvalue weighted by molar-refractivity contribution is 6.14. The maximum atomic E-state index is 13.0. The molecule has 0 bridgehead atoms. The Kier molecular flexibility index (Phi) is 6.86. The zero-order valence-electron chi connectivity index (χ0n) is 19.5. The normalized spacial score (nSPS) is 14.3. The summed E-state index contributed by atoms with van der Waals surface area (Å²) < 4.78 is 21.5. The van der Waals surface area contributed by atoms with Crippen molar-refractivity contribution >= 4 is 24.0 Å². The van der Waals surface area contributed by atoms with Crippen LogP contribution in [-0.4, -0.2) is 37.0 Å². The molecule has 1 fully saturated rings. The third-order valence-corrected chi connectivity index (χ3v) is 5.36. The standard InChI is InChI=1S/C26H24N2O7/c1-16-7-9-17(10-8-16)15-34-23-18(5-4-6-21(23)32-2)13-20-24(29)28(26(31)27-20)14-19-11-12-22(35-19)25(30)33-3/h4-13H,14-15H2,1-3H3,(H,27,31)/b20-13-. The Bertz CT molecular complexity index is 1290. The first kappa shape index (κ1) is 23.6. The van der Waals surface area contributed by atoms with Gasteiger partial charge in [0.1, 0.15) is 18.1 Å².